The van der Waals surface area contributed by atoms with Crippen LogP contribution in [0.15, 0.2) is 0 Å². The maximum Gasteiger partial charge on any atom is 0.307 e. The van der Waals surface area contributed by atoms with Crippen LogP contribution in [0.25, 0.3) is 0 Å². The highest BCUT2D eigenvalue weighted by molar-refractivity contribution is 5.69. The van der Waals surface area contributed by atoms with Gasteiger partial charge < -0.3 is 9.84 Å². The lowest BCUT2D eigenvalue weighted by molar-refractivity contribution is -0.151. The zero-order valence-electron chi connectivity index (χ0n) is 13.0. The van der Waals surface area contributed by atoms with E-state index in [0.717, 1.165) is 12.8 Å². The number of carbonyl (C=O) groups excluding carboxylic acids is 1. The van der Waals surface area contributed by atoms with Gasteiger partial charge in [-0.3, -0.25) is 9.59 Å². The van der Waals surface area contributed by atoms with Crippen molar-refractivity contribution in [1.82, 2.24) is 0 Å². The van der Waals surface area contributed by atoms with E-state index in [9.17, 15) is 9.59 Å². The van der Waals surface area contributed by atoms with Crippen molar-refractivity contribution in [3.05, 3.63) is 0 Å². The minimum atomic E-state index is -0.910. The summed E-state index contributed by atoms with van der Waals surface area (Å²) in [4.78, 5) is 21.5. The fraction of sp³-hybridized carbons (Fsp3) is 0.933. The Hall–Kier alpha value is -1.06. The molecule has 0 aliphatic carbocycles. The first-order valence-electron chi connectivity index (χ1n) is 7.95. The van der Waals surface area contributed by atoms with Gasteiger partial charge in [0.25, 0.3) is 0 Å². The molecule has 0 fully saturated rings. The Bertz CT molecular complexity index is 251. The van der Waals surface area contributed by atoms with E-state index in [-0.39, 0.29) is 110 Å². The minimum Gasteiger partial charge on any atom is -0.481 e. The number of carboxylic acid groups (broad SMARTS) is 1. The summed E-state index contributed by atoms with van der Waals surface area (Å²) < 4.78 is 5.01. The number of carboxylic acids is 1. The molecule has 0 aromatic rings. The van der Waals surface area contributed by atoms with Crippen LogP contribution in [-0.2, 0) is 14.3 Å². The first-order valence-corrected chi connectivity index (χ1v) is 7.95. The van der Waals surface area contributed by atoms with Crippen molar-refractivity contribution in [3.8, 4) is 0 Å². The van der Waals surface area contributed by atoms with Gasteiger partial charge in [0, 0.05) is 6.92 Å². The topological polar surface area (TPSA) is 63.6 Å². The Morgan fingerprint density at radius 3 is 1.15 bits per heavy atom. The van der Waals surface area contributed by atoms with Gasteiger partial charge in [0.2, 0.25) is 0 Å². The van der Waals surface area contributed by atoms with Crippen LogP contribution in [0.1, 0.15) is 188 Å². The van der Waals surface area contributed by atoms with Gasteiger partial charge >= 0.3 is 11.9 Å². The number of unbranched alkanes of at least 4 members (excludes halogenated alkanes) is 8. The zero-order valence-corrected chi connectivity index (χ0v) is 13.0. The molecule has 230 valence electrons. The molecule has 0 aromatic heterocycles. The van der Waals surface area contributed by atoms with Crippen molar-refractivity contribution in [2.75, 3.05) is 0 Å². The quantitative estimate of drug-likeness (QED) is 0.197. The van der Waals surface area contributed by atoms with Crippen molar-refractivity contribution in [2.45, 2.75) is 195 Å². The Balaban J connectivity index is -0.0000000198. The Morgan fingerprint density at radius 2 is 0.882 bits per heavy atom. The summed E-state index contributed by atoms with van der Waals surface area (Å²) in [6, 6.07) is 0. The SMILES string of the molecule is C.C.C.C.C.C.C.C.C.C.C.C.C.C.CCCCCCCCCCC[C@@H](CC(=O)O)OC(C)=O. The molecule has 0 saturated carbocycles. The van der Waals surface area contributed by atoms with Crippen molar-refractivity contribution in [3.63, 3.8) is 0 Å². The van der Waals surface area contributed by atoms with Gasteiger partial charge in [-0.05, 0) is 12.8 Å². The molecular weight excluding hydrogens is 424 g/mol. The van der Waals surface area contributed by atoms with E-state index < -0.39 is 18.0 Å². The first kappa shape index (κ1) is 104. The molecule has 0 aromatic carbocycles. The number of hydrogen-bond donors (Lipinski definition) is 1. The number of esters is 1. The van der Waals surface area contributed by atoms with Crippen molar-refractivity contribution >= 4 is 11.9 Å². The average Bonchev–Trinajstić information content (AvgIpc) is 2.35. The molecule has 0 bridgehead atoms. The number of rotatable bonds is 13. The highest BCUT2D eigenvalue weighted by Gasteiger charge is 2.15. The molecule has 0 spiro atoms. The molecule has 0 heterocycles. The largest absolute Gasteiger partial charge is 0.481 e. The van der Waals surface area contributed by atoms with Gasteiger partial charge in [-0.1, -0.05) is 162 Å². The van der Waals surface area contributed by atoms with Crippen molar-refractivity contribution in [1.29, 1.82) is 0 Å². The van der Waals surface area contributed by atoms with E-state index >= 15 is 0 Å². The summed E-state index contributed by atoms with van der Waals surface area (Å²) in [7, 11) is 0. The van der Waals surface area contributed by atoms with Crippen LogP contribution in [0.2, 0.25) is 0 Å². The molecule has 0 aliphatic rings. The third-order valence-electron chi connectivity index (χ3n) is 3.36. The normalized spacial score (nSPS) is 7.12. The smallest absolute Gasteiger partial charge is 0.307 e. The lowest BCUT2D eigenvalue weighted by atomic mass is 10.0. The molecule has 4 heteroatoms. The van der Waals surface area contributed by atoms with Gasteiger partial charge in [-0.2, -0.15) is 0 Å². The molecule has 4 nitrogen and oxygen atoms in total. The predicted octanol–water partition coefficient (Wildman–Crippen LogP) is 13.2. The van der Waals surface area contributed by atoms with Gasteiger partial charge in [-0.25, -0.2) is 0 Å². The second-order valence-electron chi connectivity index (χ2n) is 5.45. The molecule has 0 saturated heterocycles. The maximum atomic E-state index is 10.9. The van der Waals surface area contributed by atoms with E-state index in [1.54, 1.807) is 0 Å². The van der Waals surface area contributed by atoms with Crippen LogP contribution < -0.4 is 0 Å². The molecule has 1 atom stereocenters. The summed E-state index contributed by atoms with van der Waals surface area (Å²) >= 11 is 0. The van der Waals surface area contributed by atoms with Gasteiger partial charge in [-0.15, -0.1) is 0 Å². The summed E-state index contributed by atoms with van der Waals surface area (Å²) in [5, 5.41) is 8.75. The van der Waals surface area contributed by atoms with E-state index in [4.69, 9.17) is 9.84 Å². The molecule has 1 N–H and O–H groups in total. The Kier molecular flexibility index (Phi) is 236. The first-order chi connectivity index (χ1) is 9.56. The van der Waals surface area contributed by atoms with Gasteiger partial charge in [0.15, 0.2) is 0 Å². The maximum absolute atomic E-state index is 10.9. The van der Waals surface area contributed by atoms with Gasteiger partial charge in [0.1, 0.15) is 6.10 Å². The van der Waals surface area contributed by atoms with Crippen LogP contribution >= 0.6 is 0 Å². The van der Waals surface area contributed by atoms with Crippen LogP contribution in [-0.4, -0.2) is 23.1 Å². The molecular formula is C30H86O4. The average molecular weight is 511 g/mol. The summed E-state index contributed by atoms with van der Waals surface area (Å²) in [6.45, 7) is 3.54. The number of aliphatic carboxylic acids is 1. The molecule has 0 aliphatic heterocycles. The van der Waals surface area contributed by atoms with Gasteiger partial charge in [0.05, 0.1) is 6.42 Å². The minimum absolute atomic E-state index is 0. The van der Waals surface area contributed by atoms with E-state index in [1.807, 2.05) is 0 Å². The number of hydrogen-bond acceptors (Lipinski definition) is 3. The lowest BCUT2D eigenvalue weighted by Crippen LogP contribution is -2.20. The fourth-order valence-electron chi connectivity index (χ4n) is 2.31. The lowest BCUT2D eigenvalue weighted by Gasteiger charge is -2.14. The predicted molar refractivity (Wildman–Crippen MR) is 174 cm³/mol. The number of ether oxygens (including phenoxy) is 1. The van der Waals surface area contributed by atoms with Crippen molar-refractivity contribution < 1.29 is 19.4 Å². The third kappa shape index (κ3) is 86.2. The number of carbonyl (C=O) groups is 2. The summed E-state index contributed by atoms with van der Waals surface area (Å²) in [5.41, 5.74) is 0. The Labute approximate surface area is 226 Å². The van der Waals surface area contributed by atoms with Crippen LogP contribution in [0.3, 0.4) is 0 Å². The Morgan fingerprint density at radius 1 is 0.588 bits per heavy atom. The molecule has 0 unspecified atom stereocenters. The highest BCUT2D eigenvalue weighted by Crippen LogP contribution is 2.14. The standard InChI is InChI=1S/C16H30O4.14CH4/c1-3-4-5-6-7-8-9-10-11-12-15(13-16(18)19)20-14(2)17;;;;;;;;;;;;;;/h15H,3-13H2,1-2H3,(H,18,19);14*1H4/t15-;;;;;;;;;;;;;;/m0............../s1. The van der Waals surface area contributed by atoms with E-state index in [1.165, 1.54) is 51.9 Å². The molecule has 0 rings (SSSR count). The van der Waals surface area contributed by atoms with Crippen LogP contribution in [0.5, 0.6) is 0 Å². The second-order valence-corrected chi connectivity index (χ2v) is 5.45. The third-order valence-corrected chi connectivity index (χ3v) is 3.36. The molecule has 0 radical (unpaired) electrons. The van der Waals surface area contributed by atoms with Crippen LogP contribution in [0, 0.1) is 0 Å². The second kappa shape index (κ2) is 76.9. The zero-order chi connectivity index (χ0) is 15.2. The van der Waals surface area contributed by atoms with Crippen molar-refractivity contribution in [2.24, 2.45) is 0 Å². The molecule has 34 heavy (non-hydrogen) atoms. The highest BCUT2D eigenvalue weighted by atomic mass is 16.5. The molecule has 0 amide bonds. The monoisotopic (exact) mass is 511 g/mol. The van der Waals surface area contributed by atoms with E-state index in [2.05, 4.69) is 6.92 Å². The summed E-state index contributed by atoms with van der Waals surface area (Å²) in [6.07, 6.45) is 11.1. The summed E-state index contributed by atoms with van der Waals surface area (Å²) in [5.74, 6) is -1.31. The van der Waals surface area contributed by atoms with E-state index in [0.29, 0.717) is 6.42 Å². The van der Waals surface area contributed by atoms with Crippen LogP contribution in [0.4, 0.5) is 0 Å². The fourth-order valence-corrected chi connectivity index (χ4v) is 2.31.